The molecule has 1 aromatic heterocycles. The lowest BCUT2D eigenvalue weighted by atomic mass is 10.4. The third-order valence-electron chi connectivity index (χ3n) is 1.73. The van der Waals surface area contributed by atoms with Crippen LogP contribution in [-0.4, -0.2) is 29.3 Å². The quantitative estimate of drug-likeness (QED) is 0.369. The van der Waals surface area contributed by atoms with Gasteiger partial charge in [-0.3, -0.25) is 4.89 Å². The second kappa shape index (κ2) is 6.20. The highest BCUT2D eigenvalue weighted by Crippen LogP contribution is 2.65. The second-order valence-electron chi connectivity index (χ2n) is 3.59. The van der Waals surface area contributed by atoms with Gasteiger partial charge >= 0.3 is 29.2 Å². The number of anilines is 1. The summed E-state index contributed by atoms with van der Waals surface area (Å²) in [5.74, 6) is -0.198. The van der Waals surface area contributed by atoms with Crippen molar-refractivity contribution < 1.29 is 46.5 Å². The number of nitrogen functional groups attached to an aromatic ring is 1. The summed E-state index contributed by atoms with van der Waals surface area (Å²) < 4.78 is 44.1. The first-order valence-electron chi connectivity index (χ1n) is 4.90. The maximum absolute atomic E-state index is 11.5. The second-order valence-corrected chi connectivity index (χ2v) is 7.92. The number of hydrogen-bond acceptors (Lipinski definition) is 9. The summed E-state index contributed by atoms with van der Waals surface area (Å²) in [6, 6.07) is 0. The molecule has 0 aliphatic heterocycles. The van der Waals surface area contributed by atoms with Crippen molar-refractivity contribution in [3.63, 3.8) is 0 Å². The van der Waals surface area contributed by atoms with E-state index in [9.17, 15) is 23.4 Å². The van der Waals surface area contributed by atoms with E-state index in [4.69, 9.17) is 20.4 Å². The minimum atomic E-state index is -5.67. The van der Waals surface area contributed by atoms with Gasteiger partial charge in [0, 0.05) is 5.56 Å². The average molecular weight is 381 g/mol. The van der Waals surface area contributed by atoms with Crippen molar-refractivity contribution in [2.45, 2.75) is 6.92 Å². The minimum Gasteiger partial charge on any atom is -0.383 e. The standard InChI is InChI=1S/C5H10N3O11P3/c1-3-2-8(5(9)7-4(3)6)17-21(13,14)19-22(15,16)18-20(10,11)12/h2H,1H3,(H,13,14)(H,15,16)(H2,6,7,9)(H2,10,11,12). The lowest BCUT2D eigenvalue weighted by Gasteiger charge is -2.16. The Bertz CT molecular complexity index is 767. The Morgan fingerprint density at radius 3 is 2.18 bits per heavy atom. The van der Waals surface area contributed by atoms with Crippen LogP contribution in [-0.2, 0) is 22.3 Å². The Hall–Kier alpha value is -1.07. The molecular formula is C5H10N3O11P3. The van der Waals surface area contributed by atoms with E-state index in [-0.39, 0.29) is 16.1 Å². The van der Waals surface area contributed by atoms with E-state index < -0.39 is 29.2 Å². The average Bonchev–Trinajstić information content (AvgIpc) is 2.19. The van der Waals surface area contributed by atoms with Crippen molar-refractivity contribution in [3.05, 3.63) is 22.2 Å². The van der Waals surface area contributed by atoms with Crippen LogP contribution in [0.25, 0.3) is 0 Å². The Kier molecular flexibility index (Phi) is 5.35. The molecule has 0 aliphatic carbocycles. The molecule has 0 amide bonds. The van der Waals surface area contributed by atoms with E-state index in [0.717, 1.165) is 6.20 Å². The smallest absolute Gasteiger partial charge is 0.383 e. The molecule has 0 aliphatic rings. The predicted octanol–water partition coefficient (Wildman–Crippen LogP) is -1.11. The molecule has 22 heavy (non-hydrogen) atoms. The summed E-state index contributed by atoms with van der Waals surface area (Å²) in [6.07, 6.45) is 0.822. The molecule has 0 fully saturated rings. The molecule has 126 valence electrons. The van der Waals surface area contributed by atoms with E-state index in [0.29, 0.717) is 0 Å². The largest absolute Gasteiger partial charge is 0.555 e. The highest BCUT2D eigenvalue weighted by atomic mass is 31.3. The summed E-state index contributed by atoms with van der Waals surface area (Å²) >= 11 is 0. The molecule has 1 rings (SSSR count). The van der Waals surface area contributed by atoms with Crippen molar-refractivity contribution in [1.29, 1.82) is 0 Å². The van der Waals surface area contributed by atoms with E-state index in [1.807, 2.05) is 0 Å². The lowest BCUT2D eigenvalue weighted by molar-refractivity contribution is 0.153. The van der Waals surface area contributed by atoms with Gasteiger partial charge in [-0.15, -0.1) is 4.73 Å². The molecule has 6 N–H and O–H groups in total. The van der Waals surface area contributed by atoms with Crippen LogP contribution in [0, 0.1) is 6.92 Å². The van der Waals surface area contributed by atoms with E-state index >= 15 is 0 Å². The highest BCUT2D eigenvalue weighted by molar-refractivity contribution is 7.66. The summed E-state index contributed by atoms with van der Waals surface area (Å²) in [7, 11) is -16.7. The first kappa shape index (κ1) is 19.0. The topological polar surface area (TPSA) is 221 Å². The van der Waals surface area contributed by atoms with Crippen LogP contribution in [0.2, 0.25) is 0 Å². The number of nitrogens with two attached hydrogens (primary N) is 1. The zero-order chi connectivity index (χ0) is 17.3. The number of aryl methyl sites for hydroxylation is 1. The Balaban J connectivity index is 3.00. The molecule has 0 spiro atoms. The van der Waals surface area contributed by atoms with Gasteiger partial charge in [0.1, 0.15) is 5.82 Å². The van der Waals surface area contributed by atoms with Gasteiger partial charge in [0.25, 0.3) is 0 Å². The van der Waals surface area contributed by atoms with Gasteiger partial charge in [-0.05, 0) is 6.92 Å². The first-order valence-corrected chi connectivity index (χ1v) is 9.42. The summed E-state index contributed by atoms with van der Waals surface area (Å²) in [6.45, 7) is 1.36. The zero-order valence-electron chi connectivity index (χ0n) is 10.5. The molecule has 2 atom stereocenters. The third-order valence-corrected chi connectivity index (χ3v) is 5.44. The Morgan fingerprint density at radius 2 is 1.68 bits per heavy atom. The van der Waals surface area contributed by atoms with Crippen LogP contribution in [0.15, 0.2) is 11.0 Å². The molecule has 0 radical (unpaired) electrons. The number of hydrogen-bond donors (Lipinski definition) is 5. The van der Waals surface area contributed by atoms with Crippen molar-refractivity contribution in [1.82, 2.24) is 9.71 Å². The van der Waals surface area contributed by atoms with Crippen molar-refractivity contribution in [2.24, 2.45) is 0 Å². The number of rotatable bonds is 6. The molecule has 0 saturated heterocycles. The molecule has 0 bridgehead atoms. The van der Waals surface area contributed by atoms with Crippen LogP contribution >= 0.6 is 23.5 Å². The van der Waals surface area contributed by atoms with Gasteiger partial charge < -0.3 is 25.0 Å². The van der Waals surface area contributed by atoms with Crippen LogP contribution in [0.1, 0.15) is 5.56 Å². The predicted molar refractivity (Wildman–Crippen MR) is 68.1 cm³/mol. The third kappa shape index (κ3) is 5.97. The monoisotopic (exact) mass is 381 g/mol. The van der Waals surface area contributed by atoms with E-state index in [1.54, 1.807) is 0 Å². The Morgan fingerprint density at radius 1 is 1.14 bits per heavy atom. The fraction of sp³-hybridized carbons (Fsp3) is 0.200. The molecule has 14 nitrogen and oxygen atoms in total. The van der Waals surface area contributed by atoms with Gasteiger partial charge in [-0.25, -0.2) is 18.5 Å². The Labute approximate surface area is 121 Å². The van der Waals surface area contributed by atoms with Crippen LogP contribution in [0.4, 0.5) is 5.82 Å². The normalized spacial score (nSPS) is 17.5. The van der Waals surface area contributed by atoms with Crippen LogP contribution < -0.4 is 16.0 Å². The number of aromatic nitrogens is 2. The van der Waals surface area contributed by atoms with Crippen molar-refractivity contribution in [2.75, 3.05) is 5.73 Å². The maximum atomic E-state index is 11.5. The fourth-order valence-corrected chi connectivity index (χ4v) is 3.97. The molecule has 1 heterocycles. The summed E-state index contributed by atoms with van der Waals surface area (Å²) in [4.78, 5) is 49.3. The summed E-state index contributed by atoms with van der Waals surface area (Å²) in [5.41, 5.74) is 4.18. The van der Waals surface area contributed by atoms with Gasteiger partial charge in [0.05, 0.1) is 6.20 Å². The zero-order valence-corrected chi connectivity index (χ0v) is 13.2. The molecule has 17 heteroatoms. The molecule has 0 saturated carbocycles. The first-order chi connectivity index (χ1) is 9.71. The van der Waals surface area contributed by atoms with Gasteiger partial charge in [-0.1, -0.05) is 0 Å². The lowest BCUT2D eigenvalue weighted by Crippen LogP contribution is -2.29. The number of phosphoric acid groups is 3. The molecule has 0 aromatic carbocycles. The van der Waals surface area contributed by atoms with Gasteiger partial charge in [0.15, 0.2) is 0 Å². The minimum absolute atomic E-state index is 0.0734. The van der Waals surface area contributed by atoms with Crippen molar-refractivity contribution >= 4 is 29.3 Å². The number of nitrogens with zero attached hydrogens (tertiary/aromatic N) is 2. The summed E-state index contributed by atoms with van der Waals surface area (Å²) in [5, 5.41) is 0. The SMILES string of the molecule is Cc1cn(OP(=O)(O)OP(=O)(O)OP(=O)(O)O)c(=O)nc1N. The highest BCUT2D eigenvalue weighted by Gasteiger charge is 2.42. The van der Waals surface area contributed by atoms with E-state index in [1.165, 1.54) is 6.92 Å². The van der Waals surface area contributed by atoms with Crippen LogP contribution in [0.5, 0.6) is 0 Å². The van der Waals surface area contributed by atoms with Gasteiger partial charge in [0.2, 0.25) is 0 Å². The molecular weight excluding hydrogens is 371 g/mol. The molecule has 1 aromatic rings. The van der Waals surface area contributed by atoms with Crippen molar-refractivity contribution in [3.8, 4) is 0 Å². The molecule has 2 unspecified atom stereocenters. The fourth-order valence-electron chi connectivity index (χ4n) is 1.00. The maximum Gasteiger partial charge on any atom is 0.555 e. The van der Waals surface area contributed by atoms with Gasteiger partial charge in [-0.2, -0.15) is 13.6 Å². The van der Waals surface area contributed by atoms with Crippen LogP contribution in [0.3, 0.4) is 0 Å². The van der Waals surface area contributed by atoms with E-state index in [2.05, 4.69) is 18.2 Å².